The van der Waals surface area contributed by atoms with Crippen LogP contribution in [0.3, 0.4) is 0 Å². The van der Waals surface area contributed by atoms with Crippen molar-refractivity contribution in [1.29, 1.82) is 0 Å². The summed E-state index contributed by atoms with van der Waals surface area (Å²) in [5, 5.41) is 14.1. The fraction of sp³-hybridized carbons (Fsp3) is 0.286. The van der Waals surface area contributed by atoms with Gasteiger partial charge in [0.15, 0.2) is 0 Å². The largest absolute Gasteiger partial charge is 0.494 e. The molecule has 4 N–H and O–H groups in total. The van der Waals surface area contributed by atoms with E-state index in [9.17, 15) is 32.3 Å². The molecule has 0 fully saturated rings. The number of hydrogen-bond acceptors (Lipinski definition) is 7. The molecular weight excluding hydrogens is 564 g/mol. The number of nitrogens with two attached hydrogens (primary N) is 1. The maximum atomic E-state index is 14.6. The Morgan fingerprint density at radius 3 is 2.32 bits per heavy atom. The number of rotatable bonds is 8. The number of benzene rings is 2. The molecular formula is C28H26F4N4O4S. The van der Waals surface area contributed by atoms with Gasteiger partial charge in [0, 0.05) is 16.7 Å². The molecule has 2 amide bonds. The normalized spacial score (nSPS) is 13.6. The average molecular weight is 591 g/mol. The molecule has 41 heavy (non-hydrogen) atoms. The van der Waals surface area contributed by atoms with Crippen LogP contribution in [0.1, 0.15) is 40.5 Å². The molecule has 1 unspecified atom stereocenters. The van der Waals surface area contributed by atoms with E-state index in [0.29, 0.717) is 10.2 Å². The average Bonchev–Trinajstić information content (AvgIpc) is 3.29. The number of aryl methyl sites for hydroxylation is 1. The minimum absolute atomic E-state index is 0.0657. The Kier molecular flexibility index (Phi) is 7.80. The molecule has 4 aromatic rings. The van der Waals surface area contributed by atoms with Gasteiger partial charge in [-0.2, -0.15) is 13.2 Å². The number of methoxy groups -OCH3 is 1. The molecule has 0 saturated heterocycles. The Bertz CT molecular complexity index is 1640. The smallest absolute Gasteiger partial charge is 0.424 e. The van der Waals surface area contributed by atoms with Crippen LogP contribution in [0.25, 0.3) is 21.5 Å². The molecule has 1 atom stereocenters. The number of hydrogen-bond donors (Lipinski definition) is 3. The van der Waals surface area contributed by atoms with Crippen molar-refractivity contribution in [3.05, 3.63) is 76.2 Å². The summed E-state index contributed by atoms with van der Waals surface area (Å²) in [4.78, 5) is 33.6. The highest BCUT2D eigenvalue weighted by Gasteiger charge is 2.57. The molecule has 2 heterocycles. The number of pyridine rings is 1. The minimum Gasteiger partial charge on any atom is -0.494 e. The van der Waals surface area contributed by atoms with Crippen molar-refractivity contribution in [2.45, 2.75) is 38.0 Å². The van der Waals surface area contributed by atoms with Crippen molar-refractivity contribution in [1.82, 2.24) is 15.3 Å². The van der Waals surface area contributed by atoms with E-state index in [1.54, 1.807) is 13.0 Å². The lowest BCUT2D eigenvalue weighted by atomic mass is 9.81. The van der Waals surface area contributed by atoms with Gasteiger partial charge < -0.3 is 20.9 Å². The van der Waals surface area contributed by atoms with Crippen LogP contribution in [0.2, 0.25) is 0 Å². The Morgan fingerprint density at radius 2 is 1.73 bits per heavy atom. The van der Waals surface area contributed by atoms with Gasteiger partial charge in [-0.25, -0.2) is 14.4 Å². The number of carbonyl (C=O) groups excluding carboxylic acids is 2. The summed E-state index contributed by atoms with van der Waals surface area (Å²) < 4.78 is 63.5. The number of alkyl halides is 3. The minimum atomic E-state index is -5.34. The lowest BCUT2D eigenvalue weighted by Gasteiger charge is -2.33. The molecule has 2 aromatic carbocycles. The second-order valence-electron chi connectivity index (χ2n) is 9.89. The summed E-state index contributed by atoms with van der Waals surface area (Å²) in [6.07, 6.45) is -5.34. The predicted molar refractivity (Wildman–Crippen MR) is 145 cm³/mol. The number of halogens is 4. The van der Waals surface area contributed by atoms with Gasteiger partial charge in [0.2, 0.25) is 11.5 Å². The number of ether oxygens (including phenoxy) is 1. The van der Waals surface area contributed by atoms with E-state index >= 15 is 0 Å². The van der Waals surface area contributed by atoms with Gasteiger partial charge in [-0.15, -0.1) is 11.3 Å². The summed E-state index contributed by atoms with van der Waals surface area (Å²) >= 11 is 1.31. The summed E-state index contributed by atoms with van der Waals surface area (Å²) in [6.45, 7) is 3.21. The zero-order chi connectivity index (χ0) is 30.3. The highest BCUT2D eigenvalue weighted by molar-refractivity contribution is 7.18. The van der Waals surface area contributed by atoms with Crippen LogP contribution in [0.15, 0.2) is 48.5 Å². The molecule has 0 bridgehead atoms. The van der Waals surface area contributed by atoms with Crippen molar-refractivity contribution in [2.24, 2.45) is 5.73 Å². The van der Waals surface area contributed by atoms with Gasteiger partial charge in [0.1, 0.15) is 17.3 Å². The van der Waals surface area contributed by atoms with Crippen molar-refractivity contribution >= 4 is 33.4 Å². The highest BCUT2D eigenvalue weighted by Crippen LogP contribution is 2.44. The summed E-state index contributed by atoms with van der Waals surface area (Å²) in [6, 6.07) is 10.0. The molecule has 13 heteroatoms. The Morgan fingerprint density at radius 1 is 1.07 bits per heavy atom. The zero-order valence-electron chi connectivity index (χ0n) is 22.4. The van der Waals surface area contributed by atoms with E-state index in [4.69, 9.17) is 10.5 Å². The summed E-state index contributed by atoms with van der Waals surface area (Å²) in [5.74, 6) is -2.46. The first kappa shape index (κ1) is 29.9. The number of aliphatic hydroxyl groups is 1. The van der Waals surface area contributed by atoms with Crippen molar-refractivity contribution in [2.75, 3.05) is 13.7 Å². The van der Waals surface area contributed by atoms with Gasteiger partial charge in [0.25, 0.3) is 5.91 Å². The lowest BCUT2D eigenvalue weighted by molar-refractivity contribution is -0.265. The van der Waals surface area contributed by atoms with Crippen LogP contribution in [-0.4, -0.2) is 46.7 Å². The first-order valence-corrected chi connectivity index (χ1v) is 13.0. The second kappa shape index (κ2) is 10.7. The maximum Gasteiger partial charge on any atom is 0.424 e. The van der Waals surface area contributed by atoms with E-state index < -0.39 is 47.1 Å². The lowest BCUT2D eigenvalue weighted by Crippen LogP contribution is -2.52. The van der Waals surface area contributed by atoms with E-state index in [0.717, 1.165) is 23.2 Å². The quantitative estimate of drug-likeness (QED) is 0.254. The molecule has 4 rings (SSSR count). The number of aromatic nitrogens is 2. The summed E-state index contributed by atoms with van der Waals surface area (Å²) in [5.41, 5.74) is -0.105. The van der Waals surface area contributed by atoms with Gasteiger partial charge in [0.05, 0.1) is 40.0 Å². The van der Waals surface area contributed by atoms with E-state index in [-0.39, 0.29) is 28.1 Å². The number of primary amides is 1. The van der Waals surface area contributed by atoms with Gasteiger partial charge in [-0.1, -0.05) is 0 Å². The standard InChI is InChI=1S/C28H26F4N4O4S/c1-14-35-19-10-7-16(11-20(19)41-14)24(37)34-13-27(39,28(30,31)32)21-12-18(26(2,3)25(33)38)23(40-4)22(36-21)15-5-8-17(29)9-6-15/h5-12,39H,13H2,1-4H3,(H2,33,38)(H,34,37). The highest BCUT2D eigenvalue weighted by atomic mass is 32.1. The van der Waals surface area contributed by atoms with Crippen molar-refractivity contribution in [3.63, 3.8) is 0 Å². The van der Waals surface area contributed by atoms with Crippen LogP contribution >= 0.6 is 11.3 Å². The van der Waals surface area contributed by atoms with Crippen LogP contribution in [0.4, 0.5) is 17.6 Å². The Hall–Kier alpha value is -4.10. The molecule has 0 radical (unpaired) electrons. The number of fused-ring (bicyclic) bond motifs is 1. The van der Waals surface area contributed by atoms with Gasteiger partial charge >= 0.3 is 6.18 Å². The number of nitrogens with one attached hydrogen (secondary N) is 1. The SMILES string of the molecule is COc1c(C(C)(C)C(N)=O)cc(C(O)(CNC(=O)c2ccc3nc(C)sc3c2)C(F)(F)F)nc1-c1ccc(F)cc1. The third-order valence-electron chi connectivity index (χ3n) is 6.74. The van der Waals surface area contributed by atoms with Gasteiger partial charge in [-0.3, -0.25) is 9.59 Å². The monoisotopic (exact) mass is 590 g/mol. The first-order chi connectivity index (χ1) is 19.1. The number of nitrogens with zero attached hydrogens (tertiary/aromatic N) is 2. The Labute approximate surface area is 236 Å². The predicted octanol–water partition coefficient (Wildman–Crippen LogP) is 4.76. The molecule has 8 nitrogen and oxygen atoms in total. The van der Waals surface area contributed by atoms with Crippen LogP contribution in [0, 0.1) is 12.7 Å². The fourth-order valence-electron chi connectivity index (χ4n) is 4.18. The molecule has 0 aliphatic heterocycles. The topological polar surface area (TPSA) is 127 Å². The molecule has 0 spiro atoms. The van der Waals surface area contributed by atoms with E-state index in [2.05, 4.69) is 15.3 Å². The molecule has 0 aliphatic rings. The Balaban J connectivity index is 1.84. The summed E-state index contributed by atoms with van der Waals surface area (Å²) in [7, 11) is 1.22. The number of amides is 2. The molecule has 0 aliphatic carbocycles. The second-order valence-corrected chi connectivity index (χ2v) is 11.1. The molecule has 2 aromatic heterocycles. The zero-order valence-corrected chi connectivity index (χ0v) is 23.2. The third-order valence-corrected chi connectivity index (χ3v) is 7.67. The first-order valence-electron chi connectivity index (χ1n) is 12.2. The van der Waals surface area contributed by atoms with Gasteiger partial charge in [-0.05, 0) is 69.3 Å². The number of thiazole rings is 1. The fourth-order valence-corrected chi connectivity index (χ4v) is 5.05. The van der Waals surface area contributed by atoms with E-state index in [1.165, 1.54) is 56.6 Å². The van der Waals surface area contributed by atoms with Crippen LogP contribution < -0.4 is 15.8 Å². The van der Waals surface area contributed by atoms with Crippen LogP contribution in [0.5, 0.6) is 5.75 Å². The van der Waals surface area contributed by atoms with Crippen molar-refractivity contribution in [3.8, 4) is 17.0 Å². The maximum absolute atomic E-state index is 14.6. The van der Waals surface area contributed by atoms with Crippen LogP contribution in [-0.2, 0) is 15.8 Å². The molecule has 216 valence electrons. The number of carbonyl (C=O) groups is 2. The third kappa shape index (κ3) is 5.59. The van der Waals surface area contributed by atoms with E-state index in [1.807, 2.05) is 0 Å². The van der Waals surface area contributed by atoms with Crippen molar-refractivity contribution < 1.29 is 37.0 Å². The molecule has 0 saturated carbocycles.